The molecule has 0 aliphatic carbocycles. The predicted octanol–water partition coefficient (Wildman–Crippen LogP) is 6.01. The second-order valence-electron chi connectivity index (χ2n) is 3.60. The van der Waals surface area contributed by atoms with Gasteiger partial charge in [-0.25, -0.2) is 0 Å². The van der Waals surface area contributed by atoms with E-state index in [2.05, 4.69) is 15.9 Å². The lowest BCUT2D eigenvalue weighted by molar-refractivity contribution is 0.112. The maximum atomic E-state index is 11.0. The third-order valence-electron chi connectivity index (χ3n) is 2.29. The van der Waals surface area contributed by atoms with Gasteiger partial charge in [-0.15, -0.1) is 0 Å². The molecule has 2 aromatic rings. The van der Waals surface area contributed by atoms with Crippen LogP contribution in [0.5, 0.6) is 11.5 Å². The van der Waals surface area contributed by atoms with E-state index in [4.69, 9.17) is 39.5 Å². The van der Waals surface area contributed by atoms with Crippen molar-refractivity contribution >= 4 is 57.0 Å². The molecule has 0 radical (unpaired) electrons. The molecule has 0 aromatic heterocycles. The Balaban J connectivity index is 2.41. The highest BCUT2D eigenvalue weighted by Crippen LogP contribution is 2.37. The Kier molecular flexibility index (Phi) is 4.74. The molecular weight excluding hydrogens is 374 g/mol. The van der Waals surface area contributed by atoms with Gasteiger partial charge in [-0.1, -0.05) is 34.8 Å². The highest BCUT2D eigenvalue weighted by atomic mass is 79.9. The van der Waals surface area contributed by atoms with Crippen LogP contribution in [-0.4, -0.2) is 6.29 Å². The smallest absolute Gasteiger partial charge is 0.153 e. The molecule has 0 aliphatic heterocycles. The Bertz CT molecular complexity index is 644. The molecule has 0 N–H and O–H groups in total. The quantitative estimate of drug-likeness (QED) is 0.481. The predicted molar refractivity (Wildman–Crippen MR) is 81.1 cm³/mol. The second kappa shape index (κ2) is 6.14. The van der Waals surface area contributed by atoms with E-state index in [1.807, 2.05) is 0 Å². The molecule has 6 heteroatoms. The van der Waals surface area contributed by atoms with Gasteiger partial charge in [-0.3, -0.25) is 4.79 Å². The maximum absolute atomic E-state index is 11.0. The molecule has 2 rings (SSSR count). The SMILES string of the molecule is O=Cc1cc(Cl)ccc1Oc1cc(Cl)c(Br)cc1Cl. The van der Waals surface area contributed by atoms with E-state index in [-0.39, 0.29) is 0 Å². The van der Waals surface area contributed by atoms with E-state index in [0.717, 1.165) is 0 Å². The summed E-state index contributed by atoms with van der Waals surface area (Å²) in [6.45, 7) is 0. The molecule has 2 aromatic carbocycles. The molecule has 2 nitrogen and oxygen atoms in total. The number of aldehydes is 1. The van der Waals surface area contributed by atoms with Crippen LogP contribution in [0, 0.1) is 0 Å². The van der Waals surface area contributed by atoms with Crippen LogP contribution in [0.25, 0.3) is 0 Å². The lowest BCUT2D eigenvalue weighted by Crippen LogP contribution is -1.91. The summed E-state index contributed by atoms with van der Waals surface area (Å²) in [5, 5.41) is 1.29. The van der Waals surface area contributed by atoms with Crippen molar-refractivity contribution in [2.45, 2.75) is 0 Å². The zero-order valence-corrected chi connectivity index (χ0v) is 13.1. The summed E-state index contributed by atoms with van der Waals surface area (Å²) in [5.74, 6) is 0.722. The van der Waals surface area contributed by atoms with E-state index in [1.165, 1.54) is 6.07 Å². The number of hydrogen-bond acceptors (Lipinski definition) is 2. The zero-order chi connectivity index (χ0) is 14.0. The lowest BCUT2D eigenvalue weighted by atomic mass is 10.2. The highest BCUT2D eigenvalue weighted by Gasteiger charge is 2.10. The number of halogens is 4. The first kappa shape index (κ1) is 14.7. The molecule has 0 atom stereocenters. The number of hydrogen-bond donors (Lipinski definition) is 0. The Hall–Kier alpha value is -0.740. The minimum Gasteiger partial charge on any atom is -0.455 e. The summed E-state index contributed by atoms with van der Waals surface area (Å²) in [6, 6.07) is 7.92. The number of benzene rings is 2. The van der Waals surface area contributed by atoms with Crippen LogP contribution in [0.3, 0.4) is 0 Å². The topological polar surface area (TPSA) is 26.3 Å². The van der Waals surface area contributed by atoms with Crippen molar-refractivity contribution in [1.29, 1.82) is 0 Å². The first-order valence-electron chi connectivity index (χ1n) is 5.08. The van der Waals surface area contributed by atoms with Crippen LogP contribution >= 0.6 is 50.7 Å². The standard InChI is InChI=1S/C13H6BrCl3O2/c14-9-4-11(17)13(5-10(9)16)19-12-2-1-8(15)3-7(12)6-18/h1-6H. The number of ether oxygens (including phenoxy) is 1. The summed E-state index contributed by atoms with van der Waals surface area (Å²) in [7, 11) is 0. The fourth-order valence-electron chi connectivity index (χ4n) is 1.41. The van der Waals surface area contributed by atoms with Gasteiger partial charge >= 0.3 is 0 Å². The van der Waals surface area contributed by atoms with E-state index in [0.29, 0.717) is 42.9 Å². The largest absolute Gasteiger partial charge is 0.455 e. The third kappa shape index (κ3) is 3.42. The van der Waals surface area contributed by atoms with Crippen LogP contribution in [0.2, 0.25) is 15.1 Å². The molecule has 0 spiro atoms. The number of carbonyl (C=O) groups excluding carboxylic acids is 1. The third-order valence-corrected chi connectivity index (χ3v) is 4.02. The molecular formula is C13H6BrCl3O2. The van der Waals surface area contributed by atoms with Gasteiger partial charge in [0.2, 0.25) is 0 Å². The van der Waals surface area contributed by atoms with Gasteiger partial charge in [0, 0.05) is 15.6 Å². The monoisotopic (exact) mass is 378 g/mol. The Labute approximate surface area is 133 Å². The van der Waals surface area contributed by atoms with Crippen molar-refractivity contribution in [2.24, 2.45) is 0 Å². The molecule has 0 saturated heterocycles. The van der Waals surface area contributed by atoms with Gasteiger partial charge in [-0.05, 0) is 40.2 Å². The highest BCUT2D eigenvalue weighted by molar-refractivity contribution is 9.10. The zero-order valence-electron chi connectivity index (χ0n) is 9.29. The summed E-state index contributed by atoms with van der Waals surface area (Å²) >= 11 is 21.1. The fourth-order valence-corrected chi connectivity index (χ4v) is 2.42. The van der Waals surface area contributed by atoms with Crippen molar-refractivity contribution in [2.75, 3.05) is 0 Å². The fraction of sp³-hybridized carbons (Fsp3) is 0. The first-order valence-corrected chi connectivity index (χ1v) is 7.01. The number of carbonyl (C=O) groups is 1. The van der Waals surface area contributed by atoms with Crippen LogP contribution in [0.15, 0.2) is 34.8 Å². The van der Waals surface area contributed by atoms with Crippen LogP contribution < -0.4 is 4.74 Å². The first-order chi connectivity index (χ1) is 9.01. The molecule has 0 aliphatic rings. The van der Waals surface area contributed by atoms with Crippen molar-refractivity contribution in [3.8, 4) is 11.5 Å². The van der Waals surface area contributed by atoms with Gasteiger partial charge in [0.25, 0.3) is 0 Å². The normalized spacial score (nSPS) is 10.3. The Morgan fingerprint density at radius 2 is 1.74 bits per heavy atom. The molecule has 0 heterocycles. The maximum Gasteiger partial charge on any atom is 0.153 e. The minimum atomic E-state index is 0.336. The average Bonchev–Trinajstić information content (AvgIpc) is 2.37. The minimum absolute atomic E-state index is 0.336. The van der Waals surface area contributed by atoms with E-state index in [9.17, 15) is 4.79 Å². The van der Waals surface area contributed by atoms with Crippen molar-refractivity contribution in [1.82, 2.24) is 0 Å². The van der Waals surface area contributed by atoms with Gasteiger partial charge in [0.15, 0.2) is 6.29 Å². The van der Waals surface area contributed by atoms with Gasteiger partial charge < -0.3 is 4.74 Å². The van der Waals surface area contributed by atoms with Gasteiger partial charge in [0.1, 0.15) is 11.5 Å². The summed E-state index contributed by atoms with van der Waals surface area (Å²) in [6.07, 6.45) is 0.662. The van der Waals surface area contributed by atoms with Crippen molar-refractivity contribution < 1.29 is 9.53 Å². The van der Waals surface area contributed by atoms with Crippen molar-refractivity contribution in [3.05, 3.63) is 55.4 Å². The molecule has 98 valence electrons. The van der Waals surface area contributed by atoms with Crippen LogP contribution in [0.1, 0.15) is 10.4 Å². The van der Waals surface area contributed by atoms with E-state index >= 15 is 0 Å². The summed E-state index contributed by atoms with van der Waals surface area (Å²) in [5.41, 5.74) is 0.336. The van der Waals surface area contributed by atoms with Gasteiger partial charge in [-0.2, -0.15) is 0 Å². The lowest BCUT2D eigenvalue weighted by Gasteiger charge is -2.10. The van der Waals surface area contributed by atoms with E-state index in [1.54, 1.807) is 24.3 Å². The molecule has 0 saturated carbocycles. The van der Waals surface area contributed by atoms with Crippen molar-refractivity contribution in [3.63, 3.8) is 0 Å². The van der Waals surface area contributed by atoms with Gasteiger partial charge in [0.05, 0.1) is 15.6 Å². The summed E-state index contributed by atoms with van der Waals surface area (Å²) < 4.78 is 6.26. The Morgan fingerprint density at radius 3 is 2.42 bits per heavy atom. The molecule has 0 unspecified atom stereocenters. The van der Waals surface area contributed by atoms with Crippen LogP contribution in [0.4, 0.5) is 0 Å². The molecule has 0 bridgehead atoms. The summed E-state index contributed by atoms with van der Waals surface area (Å²) in [4.78, 5) is 11.0. The Morgan fingerprint density at radius 1 is 1.00 bits per heavy atom. The molecule has 0 amide bonds. The number of rotatable bonds is 3. The van der Waals surface area contributed by atoms with Crippen LogP contribution in [-0.2, 0) is 0 Å². The molecule has 19 heavy (non-hydrogen) atoms. The second-order valence-corrected chi connectivity index (χ2v) is 5.70. The molecule has 0 fully saturated rings. The average molecular weight is 380 g/mol. The van der Waals surface area contributed by atoms with E-state index < -0.39 is 0 Å².